The standard InChI is InChI=1S/C20H14ClF3N6O2/c1-8-16-17(19(25)27-7-26-16)30(29-8)13-3-2-12(14(23)15(13)24)28-20(32)18(31)9-4-10(21)6-11(22)5-9/h2-7,18,31H,1H3,(H,28,32)(H2,25,26,27). The Morgan fingerprint density at radius 2 is 1.94 bits per heavy atom. The van der Waals surface area contributed by atoms with E-state index >= 15 is 0 Å². The van der Waals surface area contributed by atoms with Crippen LogP contribution in [0.25, 0.3) is 16.7 Å². The maximum absolute atomic E-state index is 14.9. The number of amides is 1. The van der Waals surface area contributed by atoms with Gasteiger partial charge in [0.2, 0.25) is 0 Å². The van der Waals surface area contributed by atoms with Gasteiger partial charge in [-0.1, -0.05) is 11.6 Å². The van der Waals surface area contributed by atoms with E-state index in [1.165, 1.54) is 12.4 Å². The lowest BCUT2D eigenvalue weighted by Crippen LogP contribution is -2.22. The van der Waals surface area contributed by atoms with Crippen molar-refractivity contribution in [3.8, 4) is 5.69 Å². The lowest BCUT2D eigenvalue weighted by Gasteiger charge is -2.14. The Morgan fingerprint density at radius 3 is 2.66 bits per heavy atom. The van der Waals surface area contributed by atoms with E-state index in [0.717, 1.165) is 28.9 Å². The number of carbonyl (C=O) groups excluding carboxylic acids is 1. The van der Waals surface area contributed by atoms with Crippen molar-refractivity contribution in [2.75, 3.05) is 11.1 Å². The maximum Gasteiger partial charge on any atom is 0.257 e. The fourth-order valence-corrected chi connectivity index (χ4v) is 3.40. The molecule has 0 spiro atoms. The first kappa shape index (κ1) is 21.5. The molecule has 2 aromatic heterocycles. The van der Waals surface area contributed by atoms with Crippen LogP contribution in [0, 0.1) is 24.4 Å². The molecule has 1 amide bonds. The van der Waals surface area contributed by atoms with Gasteiger partial charge < -0.3 is 16.2 Å². The van der Waals surface area contributed by atoms with E-state index < -0.39 is 35.2 Å². The third-order valence-corrected chi connectivity index (χ3v) is 4.87. The second-order valence-corrected chi connectivity index (χ2v) is 7.24. The molecule has 32 heavy (non-hydrogen) atoms. The molecule has 1 atom stereocenters. The molecule has 0 bridgehead atoms. The van der Waals surface area contributed by atoms with Crippen LogP contribution >= 0.6 is 11.6 Å². The van der Waals surface area contributed by atoms with Crippen molar-refractivity contribution in [1.29, 1.82) is 0 Å². The minimum absolute atomic E-state index is 0.0182. The van der Waals surface area contributed by atoms with Crippen molar-refractivity contribution in [3.05, 3.63) is 70.4 Å². The number of hydrogen-bond donors (Lipinski definition) is 3. The minimum atomic E-state index is -1.88. The van der Waals surface area contributed by atoms with Crippen molar-refractivity contribution in [1.82, 2.24) is 19.7 Å². The number of anilines is 2. The van der Waals surface area contributed by atoms with Crippen molar-refractivity contribution < 1.29 is 23.1 Å². The number of aromatic nitrogens is 4. The molecule has 4 aromatic rings. The van der Waals surface area contributed by atoms with Gasteiger partial charge in [-0.25, -0.2) is 27.8 Å². The third-order valence-electron chi connectivity index (χ3n) is 4.65. The van der Waals surface area contributed by atoms with Gasteiger partial charge in [-0.05, 0) is 42.8 Å². The van der Waals surface area contributed by atoms with Crippen LogP contribution in [0.2, 0.25) is 5.02 Å². The minimum Gasteiger partial charge on any atom is -0.382 e. The van der Waals surface area contributed by atoms with Crippen LogP contribution in [0.15, 0.2) is 36.7 Å². The number of fused-ring (bicyclic) bond motifs is 1. The second kappa shape index (κ2) is 8.09. The Kier molecular flexibility index (Phi) is 5.45. The second-order valence-electron chi connectivity index (χ2n) is 6.81. The van der Waals surface area contributed by atoms with Gasteiger partial charge in [0.05, 0.1) is 11.4 Å². The van der Waals surface area contributed by atoms with Crippen LogP contribution in [-0.4, -0.2) is 30.8 Å². The molecule has 4 N–H and O–H groups in total. The number of nitrogens with two attached hydrogens (primary N) is 1. The number of hydrogen-bond acceptors (Lipinski definition) is 6. The average Bonchev–Trinajstić information content (AvgIpc) is 3.08. The van der Waals surface area contributed by atoms with Crippen LogP contribution in [0.3, 0.4) is 0 Å². The van der Waals surface area contributed by atoms with Gasteiger partial charge in [-0.3, -0.25) is 4.79 Å². The average molecular weight is 463 g/mol. The molecule has 0 saturated heterocycles. The van der Waals surface area contributed by atoms with Gasteiger partial charge in [0.1, 0.15) is 28.9 Å². The molecule has 2 aromatic carbocycles. The summed E-state index contributed by atoms with van der Waals surface area (Å²) in [6, 6.07) is 5.31. The zero-order valence-corrected chi connectivity index (χ0v) is 17.0. The number of aliphatic hydroxyl groups excluding tert-OH is 1. The molecule has 0 aliphatic carbocycles. The van der Waals surface area contributed by atoms with Crippen LogP contribution in [0.1, 0.15) is 17.4 Å². The summed E-state index contributed by atoms with van der Waals surface area (Å²) in [5.74, 6) is -4.61. The molecule has 12 heteroatoms. The summed E-state index contributed by atoms with van der Waals surface area (Å²) in [6.45, 7) is 1.62. The molecule has 0 saturated carbocycles. The first-order valence-electron chi connectivity index (χ1n) is 9.06. The maximum atomic E-state index is 14.9. The predicted molar refractivity (Wildman–Crippen MR) is 111 cm³/mol. The van der Waals surface area contributed by atoms with Crippen molar-refractivity contribution in [3.63, 3.8) is 0 Å². The molecular formula is C20H14ClF3N6O2. The number of nitrogens with one attached hydrogen (secondary N) is 1. The largest absolute Gasteiger partial charge is 0.382 e. The van der Waals surface area contributed by atoms with Crippen LogP contribution in [0.4, 0.5) is 24.7 Å². The van der Waals surface area contributed by atoms with Crippen molar-refractivity contribution in [2.45, 2.75) is 13.0 Å². The SMILES string of the molecule is Cc1nn(-c2ccc(NC(=O)C(O)c3cc(F)cc(Cl)c3)c(F)c2F)c2c(N)ncnc12. The molecule has 8 nitrogen and oxygen atoms in total. The monoisotopic (exact) mass is 462 g/mol. The highest BCUT2D eigenvalue weighted by atomic mass is 35.5. The van der Waals surface area contributed by atoms with Crippen LogP contribution < -0.4 is 11.1 Å². The Balaban J connectivity index is 1.68. The Bertz CT molecular complexity index is 1360. The highest BCUT2D eigenvalue weighted by Gasteiger charge is 2.24. The summed E-state index contributed by atoms with van der Waals surface area (Å²) >= 11 is 5.72. The lowest BCUT2D eigenvalue weighted by molar-refractivity contribution is -0.124. The van der Waals surface area contributed by atoms with E-state index in [0.29, 0.717) is 11.2 Å². The van der Waals surface area contributed by atoms with E-state index in [2.05, 4.69) is 20.4 Å². The highest BCUT2D eigenvalue weighted by molar-refractivity contribution is 6.30. The summed E-state index contributed by atoms with van der Waals surface area (Å²) in [6.07, 6.45) is -0.649. The first-order valence-corrected chi connectivity index (χ1v) is 9.44. The molecule has 164 valence electrons. The number of halogens is 4. The van der Waals surface area contributed by atoms with Crippen LogP contribution in [-0.2, 0) is 4.79 Å². The number of nitrogen functional groups attached to an aromatic ring is 1. The van der Waals surface area contributed by atoms with Gasteiger partial charge in [-0.2, -0.15) is 5.10 Å². The van der Waals surface area contributed by atoms with Gasteiger partial charge in [-0.15, -0.1) is 0 Å². The highest BCUT2D eigenvalue weighted by Crippen LogP contribution is 2.29. The molecular weight excluding hydrogens is 449 g/mol. The quantitative estimate of drug-likeness (QED) is 0.427. The third kappa shape index (κ3) is 3.72. The molecule has 2 heterocycles. The smallest absolute Gasteiger partial charge is 0.257 e. The number of rotatable bonds is 4. The molecule has 4 rings (SSSR count). The molecule has 1 unspecified atom stereocenters. The number of carbonyl (C=O) groups is 1. The summed E-state index contributed by atoms with van der Waals surface area (Å²) in [5, 5.41) is 16.3. The summed E-state index contributed by atoms with van der Waals surface area (Å²) in [5.41, 5.74) is 5.84. The summed E-state index contributed by atoms with van der Waals surface area (Å²) in [7, 11) is 0. The van der Waals surface area contributed by atoms with Gasteiger partial charge in [0.15, 0.2) is 23.6 Å². The van der Waals surface area contributed by atoms with Gasteiger partial charge in [0, 0.05) is 5.02 Å². The normalized spacial score (nSPS) is 12.2. The predicted octanol–water partition coefficient (Wildman–Crippen LogP) is 3.45. The fraction of sp³-hybridized carbons (Fsp3) is 0.100. The van der Waals surface area contributed by atoms with Crippen molar-refractivity contribution >= 4 is 40.0 Å². The van der Waals surface area contributed by atoms with Crippen LogP contribution in [0.5, 0.6) is 0 Å². The van der Waals surface area contributed by atoms with Gasteiger partial charge >= 0.3 is 0 Å². The van der Waals surface area contributed by atoms with Gasteiger partial charge in [0.25, 0.3) is 5.91 Å². The molecule has 0 aliphatic heterocycles. The summed E-state index contributed by atoms with van der Waals surface area (Å²) in [4.78, 5) is 20.2. The Hall–Kier alpha value is -3.70. The Labute approximate surface area is 183 Å². The molecule has 0 radical (unpaired) electrons. The number of nitrogens with zero attached hydrogens (tertiary/aromatic N) is 4. The zero-order valence-electron chi connectivity index (χ0n) is 16.3. The fourth-order valence-electron chi connectivity index (χ4n) is 3.17. The number of aryl methyl sites for hydroxylation is 1. The lowest BCUT2D eigenvalue weighted by atomic mass is 10.1. The van der Waals surface area contributed by atoms with E-state index in [1.54, 1.807) is 6.92 Å². The van der Waals surface area contributed by atoms with E-state index in [9.17, 15) is 23.1 Å². The van der Waals surface area contributed by atoms with Crippen molar-refractivity contribution in [2.24, 2.45) is 0 Å². The topological polar surface area (TPSA) is 119 Å². The number of aliphatic hydroxyl groups is 1. The Morgan fingerprint density at radius 1 is 1.19 bits per heavy atom. The van der Waals surface area contributed by atoms with E-state index in [4.69, 9.17) is 17.3 Å². The van der Waals surface area contributed by atoms with E-state index in [-0.39, 0.29) is 27.6 Å². The molecule has 0 aliphatic rings. The zero-order chi connectivity index (χ0) is 23.2. The first-order chi connectivity index (χ1) is 15.2. The number of benzene rings is 2. The molecule has 0 fully saturated rings. The van der Waals surface area contributed by atoms with E-state index in [1.807, 2.05) is 0 Å². The summed E-state index contributed by atoms with van der Waals surface area (Å²) < 4.78 is 44.2.